The maximum atomic E-state index is 12.5. The van der Waals surface area contributed by atoms with Gasteiger partial charge in [0.1, 0.15) is 0 Å². The van der Waals surface area contributed by atoms with Crippen LogP contribution in [0.4, 0.5) is 0 Å². The normalized spacial score (nSPS) is 20.6. The molecular weight excluding hydrogens is 346 g/mol. The van der Waals surface area contributed by atoms with Crippen LogP contribution < -0.4 is 10.0 Å². The Bertz CT molecular complexity index is 615. The summed E-state index contributed by atoms with van der Waals surface area (Å²) in [4.78, 5) is 2.38. The van der Waals surface area contributed by atoms with Crippen molar-refractivity contribution in [1.29, 1.82) is 0 Å². The fourth-order valence-electron chi connectivity index (χ4n) is 3.03. The van der Waals surface area contributed by atoms with Crippen LogP contribution in [0.25, 0.3) is 0 Å². The van der Waals surface area contributed by atoms with Gasteiger partial charge < -0.3 is 10.2 Å². The van der Waals surface area contributed by atoms with E-state index in [2.05, 4.69) is 28.8 Å². The average molecular weight is 376 g/mol. The Morgan fingerprint density at radius 1 is 1.25 bits per heavy atom. The molecule has 2 rings (SSSR count). The highest BCUT2D eigenvalue weighted by atomic mass is 35.5. The number of sulfonamides is 1. The minimum Gasteiger partial charge on any atom is -0.312 e. The lowest BCUT2D eigenvalue weighted by molar-refractivity contribution is 0.181. The maximum absolute atomic E-state index is 12.5. The van der Waals surface area contributed by atoms with Crippen molar-refractivity contribution in [3.63, 3.8) is 0 Å². The summed E-state index contributed by atoms with van der Waals surface area (Å²) in [6, 6.07) is 7.27. The van der Waals surface area contributed by atoms with Gasteiger partial charge in [-0.1, -0.05) is 26.0 Å². The Balaban J connectivity index is 0.00000288. The zero-order chi connectivity index (χ0) is 17.1. The fourth-order valence-corrected chi connectivity index (χ4v) is 4.08. The summed E-state index contributed by atoms with van der Waals surface area (Å²) >= 11 is 0. The van der Waals surface area contributed by atoms with E-state index in [1.165, 1.54) is 0 Å². The molecule has 1 heterocycles. The van der Waals surface area contributed by atoms with Gasteiger partial charge in [-0.15, -0.1) is 12.4 Å². The molecule has 0 bridgehead atoms. The third-order valence-corrected chi connectivity index (χ3v) is 5.98. The molecule has 0 aliphatic carbocycles. The Morgan fingerprint density at radius 2 is 1.88 bits per heavy atom. The van der Waals surface area contributed by atoms with Gasteiger partial charge in [0.05, 0.1) is 4.90 Å². The molecule has 24 heavy (non-hydrogen) atoms. The van der Waals surface area contributed by atoms with Crippen LogP contribution in [0.2, 0.25) is 0 Å². The van der Waals surface area contributed by atoms with Gasteiger partial charge in [0.25, 0.3) is 0 Å². The fraction of sp³-hybridized carbons (Fsp3) is 0.647. The molecular formula is C17H30ClN3O2S. The van der Waals surface area contributed by atoms with Crippen LogP contribution in [-0.2, 0) is 16.6 Å². The second-order valence-electron chi connectivity index (χ2n) is 7.33. The van der Waals surface area contributed by atoms with Crippen LogP contribution in [0, 0.1) is 5.41 Å². The highest BCUT2D eigenvalue weighted by Crippen LogP contribution is 2.29. The molecule has 0 radical (unpaired) electrons. The molecule has 2 N–H and O–H groups in total. The van der Waals surface area contributed by atoms with E-state index >= 15 is 0 Å². The molecule has 138 valence electrons. The number of rotatable bonds is 6. The van der Waals surface area contributed by atoms with Crippen molar-refractivity contribution in [2.45, 2.75) is 44.2 Å². The SMILES string of the molecule is CN(C)Cc1ccc(S(=O)(=O)NCC2NCCCC2(C)C)cc1.Cl. The standard InChI is InChI=1S/C17H29N3O2S.ClH/c1-17(2)10-5-11-18-16(17)12-19-23(21,22)15-8-6-14(7-9-15)13-20(3)4;/h6-9,16,18-19H,5,10-13H2,1-4H3;1H. The molecule has 0 spiro atoms. The molecule has 1 saturated heterocycles. The Kier molecular flexibility index (Phi) is 7.69. The van der Waals surface area contributed by atoms with E-state index in [-0.39, 0.29) is 23.9 Å². The number of hydrogen-bond donors (Lipinski definition) is 2. The van der Waals surface area contributed by atoms with Crippen LogP contribution >= 0.6 is 12.4 Å². The zero-order valence-electron chi connectivity index (χ0n) is 15.0. The molecule has 1 fully saturated rings. The highest BCUT2D eigenvalue weighted by molar-refractivity contribution is 7.89. The first-order valence-corrected chi connectivity index (χ1v) is 9.66. The van der Waals surface area contributed by atoms with Crippen molar-refractivity contribution < 1.29 is 8.42 Å². The third kappa shape index (κ3) is 5.70. The van der Waals surface area contributed by atoms with Gasteiger partial charge in [-0.3, -0.25) is 0 Å². The van der Waals surface area contributed by atoms with Crippen molar-refractivity contribution in [3.05, 3.63) is 29.8 Å². The number of halogens is 1. The Hall–Kier alpha value is -0.660. The first-order valence-electron chi connectivity index (χ1n) is 8.17. The first-order chi connectivity index (χ1) is 10.7. The number of piperidine rings is 1. The minimum atomic E-state index is -3.46. The number of nitrogens with zero attached hydrogens (tertiary/aromatic N) is 1. The molecule has 1 aliphatic rings. The van der Waals surface area contributed by atoms with Gasteiger partial charge >= 0.3 is 0 Å². The van der Waals surface area contributed by atoms with E-state index in [4.69, 9.17) is 0 Å². The van der Waals surface area contributed by atoms with Gasteiger partial charge in [-0.25, -0.2) is 13.1 Å². The lowest BCUT2D eigenvalue weighted by Crippen LogP contribution is -2.52. The molecule has 0 amide bonds. The van der Waals surface area contributed by atoms with Gasteiger partial charge in [-0.2, -0.15) is 0 Å². The first kappa shape index (κ1) is 21.4. The van der Waals surface area contributed by atoms with Gasteiger partial charge in [0.15, 0.2) is 0 Å². The summed E-state index contributed by atoms with van der Waals surface area (Å²) in [6.07, 6.45) is 2.26. The number of nitrogens with one attached hydrogen (secondary N) is 2. The van der Waals surface area contributed by atoms with E-state index in [0.717, 1.165) is 31.5 Å². The van der Waals surface area contributed by atoms with Gasteiger partial charge in [-0.05, 0) is 56.6 Å². The van der Waals surface area contributed by atoms with Crippen LogP contribution in [0.15, 0.2) is 29.2 Å². The summed E-state index contributed by atoms with van der Waals surface area (Å²) in [5.74, 6) is 0. The number of hydrogen-bond acceptors (Lipinski definition) is 4. The van der Waals surface area contributed by atoms with Crippen molar-refractivity contribution in [1.82, 2.24) is 14.9 Å². The summed E-state index contributed by atoms with van der Waals surface area (Å²) in [6.45, 7) is 6.56. The predicted molar refractivity (Wildman–Crippen MR) is 101 cm³/mol. The molecule has 1 aromatic carbocycles. The molecule has 0 aromatic heterocycles. The topological polar surface area (TPSA) is 61.4 Å². The van der Waals surface area contributed by atoms with Gasteiger partial charge in [0.2, 0.25) is 10.0 Å². The zero-order valence-corrected chi connectivity index (χ0v) is 16.6. The van der Waals surface area contributed by atoms with E-state index in [1.807, 2.05) is 26.2 Å². The monoisotopic (exact) mass is 375 g/mol. The summed E-state index contributed by atoms with van der Waals surface area (Å²) in [5, 5.41) is 3.43. The summed E-state index contributed by atoms with van der Waals surface area (Å²) in [5.41, 5.74) is 1.21. The predicted octanol–water partition coefficient (Wildman–Crippen LogP) is 2.23. The van der Waals surface area contributed by atoms with Crippen molar-refractivity contribution in [2.24, 2.45) is 5.41 Å². The minimum absolute atomic E-state index is 0. The Morgan fingerprint density at radius 3 is 2.42 bits per heavy atom. The lowest BCUT2D eigenvalue weighted by Gasteiger charge is -2.39. The quantitative estimate of drug-likeness (QED) is 0.800. The molecule has 1 aliphatic heterocycles. The maximum Gasteiger partial charge on any atom is 0.240 e. The lowest BCUT2D eigenvalue weighted by atomic mass is 9.78. The molecule has 1 unspecified atom stereocenters. The smallest absolute Gasteiger partial charge is 0.240 e. The summed E-state index contributed by atoms with van der Waals surface area (Å²) < 4.78 is 27.7. The van der Waals surface area contributed by atoms with Crippen LogP contribution in [0.1, 0.15) is 32.3 Å². The molecule has 1 aromatic rings. The van der Waals surface area contributed by atoms with E-state index in [1.54, 1.807) is 12.1 Å². The van der Waals surface area contributed by atoms with Crippen molar-refractivity contribution in [2.75, 3.05) is 27.2 Å². The molecule has 5 nitrogen and oxygen atoms in total. The second-order valence-corrected chi connectivity index (χ2v) is 9.10. The third-order valence-electron chi connectivity index (χ3n) is 4.54. The van der Waals surface area contributed by atoms with Crippen molar-refractivity contribution >= 4 is 22.4 Å². The Labute approximate surface area is 152 Å². The van der Waals surface area contributed by atoms with E-state index in [0.29, 0.717) is 11.4 Å². The highest BCUT2D eigenvalue weighted by Gasteiger charge is 2.32. The average Bonchev–Trinajstić information content (AvgIpc) is 2.45. The molecule has 7 heteroatoms. The van der Waals surface area contributed by atoms with Crippen molar-refractivity contribution in [3.8, 4) is 0 Å². The second kappa shape index (κ2) is 8.63. The van der Waals surface area contributed by atoms with Crippen LogP contribution in [-0.4, -0.2) is 46.5 Å². The summed E-state index contributed by atoms with van der Waals surface area (Å²) in [7, 11) is 0.524. The van der Waals surface area contributed by atoms with E-state index < -0.39 is 10.0 Å². The molecule has 1 atom stereocenters. The van der Waals surface area contributed by atoms with Gasteiger partial charge in [0, 0.05) is 19.1 Å². The van der Waals surface area contributed by atoms with Crippen LogP contribution in [0.5, 0.6) is 0 Å². The molecule has 0 saturated carbocycles. The van der Waals surface area contributed by atoms with E-state index in [9.17, 15) is 8.42 Å². The number of benzene rings is 1. The largest absolute Gasteiger partial charge is 0.312 e. The van der Waals surface area contributed by atoms with Crippen LogP contribution in [0.3, 0.4) is 0 Å².